The van der Waals surface area contributed by atoms with E-state index in [4.69, 9.17) is 5.84 Å². The van der Waals surface area contributed by atoms with E-state index in [1.54, 1.807) is 0 Å². The largest absolute Gasteiger partial charge is 0.298 e. The molecular formula is C4H10N2OS. The van der Waals surface area contributed by atoms with Crippen molar-refractivity contribution in [2.45, 2.75) is 13.0 Å². The van der Waals surface area contributed by atoms with Crippen molar-refractivity contribution in [3.8, 4) is 0 Å². The van der Waals surface area contributed by atoms with E-state index in [9.17, 15) is 4.79 Å². The molecule has 8 heavy (non-hydrogen) atoms. The summed E-state index contributed by atoms with van der Waals surface area (Å²) in [5.41, 5.74) is 2.33. The number of hydrazine groups is 1. The van der Waals surface area contributed by atoms with Crippen LogP contribution >= 0.6 is 12.6 Å². The number of hydrogen-bond donors (Lipinski definition) is 3. The predicted octanol–water partition coefficient (Wildman–Crippen LogP) is -0.663. The summed E-state index contributed by atoms with van der Waals surface area (Å²) in [5.74, 6) is 5.43. The average Bonchev–Trinajstić information content (AvgIpc) is 1.69. The summed E-state index contributed by atoms with van der Waals surface area (Å²) in [7, 11) is 0. The fraction of sp³-hybridized carbons (Fsp3) is 0.750. The van der Waals surface area contributed by atoms with Crippen LogP contribution in [0.3, 0.4) is 0 Å². The first-order chi connectivity index (χ1) is 3.72. The highest BCUT2D eigenvalue weighted by atomic mass is 32.1. The second kappa shape index (κ2) is 3.88. The third kappa shape index (κ3) is 2.30. The third-order valence-corrected chi connectivity index (χ3v) is 1.24. The highest BCUT2D eigenvalue weighted by molar-refractivity contribution is 7.80. The van der Waals surface area contributed by atoms with Gasteiger partial charge in [-0.3, -0.25) is 10.6 Å². The molecule has 48 valence electrons. The first-order valence-electron chi connectivity index (χ1n) is 2.29. The van der Waals surface area contributed by atoms with Crippen LogP contribution in [0.25, 0.3) is 0 Å². The summed E-state index contributed by atoms with van der Waals surface area (Å²) in [6.45, 7) is 1.47. The van der Waals surface area contributed by atoms with Crippen molar-refractivity contribution in [1.29, 1.82) is 0 Å². The quantitative estimate of drug-likeness (QED) is 0.273. The zero-order chi connectivity index (χ0) is 6.57. The third-order valence-electron chi connectivity index (χ3n) is 0.874. The first-order valence-corrected chi connectivity index (χ1v) is 2.93. The molecule has 0 aliphatic rings. The van der Waals surface area contributed by atoms with Crippen molar-refractivity contribution >= 4 is 18.4 Å². The van der Waals surface area contributed by atoms with Crippen molar-refractivity contribution in [1.82, 2.24) is 5.43 Å². The highest BCUT2D eigenvalue weighted by Gasteiger charge is 2.07. The molecule has 0 radical (unpaired) electrons. The van der Waals surface area contributed by atoms with Crippen LogP contribution in [0.2, 0.25) is 0 Å². The van der Waals surface area contributed by atoms with Crippen LogP contribution in [0, 0.1) is 0 Å². The number of carbonyl (C=O) groups is 1. The van der Waals surface area contributed by atoms with Gasteiger partial charge in [-0.05, 0) is 6.92 Å². The molecule has 1 unspecified atom stereocenters. The number of Topliss-reactive ketones (excluding diaryl/α,β-unsaturated/α-hetero) is 1. The number of nitrogens with one attached hydrogen (secondary N) is 1. The Labute approximate surface area is 54.0 Å². The summed E-state index contributed by atoms with van der Waals surface area (Å²) in [6, 6.07) is -0.293. The van der Waals surface area contributed by atoms with Gasteiger partial charge in [-0.25, -0.2) is 5.43 Å². The van der Waals surface area contributed by atoms with Crippen LogP contribution in [-0.4, -0.2) is 17.6 Å². The molecule has 4 heteroatoms. The van der Waals surface area contributed by atoms with E-state index >= 15 is 0 Å². The van der Waals surface area contributed by atoms with Gasteiger partial charge < -0.3 is 0 Å². The van der Waals surface area contributed by atoms with E-state index in [2.05, 4.69) is 18.1 Å². The molecule has 0 aromatic rings. The lowest BCUT2D eigenvalue weighted by Crippen LogP contribution is -2.41. The zero-order valence-corrected chi connectivity index (χ0v) is 5.61. The van der Waals surface area contributed by atoms with Gasteiger partial charge >= 0.3 is 0 Å². The van der Waals surface area contributed by atoms with E-state index in [0.29, 0.717) is 5.75 Å². The minimum absolute atomic E-state index is 0.0162. The molecule has 0 aliphatic carbocycles. The Bertz CT molecular complexity index is 82.1. The van der Waals surface area contributed by atoms with Crippen molar-refractivity contribution in [2.75, 3.05) is 5.75 Å². The van der Waals surface area contributed by atoms with Gasteiger partial charge in [0.15, 0.2) is 0 Å². The molecule has 0 heterocycles. The predicted molar refractivity (Wildman–Crippen MR) is 35.6 cm³/mol. The Morgan fingerprint density at radius 1 is 2.00 bits per heavy atom. The lowest BCUT2D eigenvalue weighted by molar-refractivity contribution is -0.118. The van der Waals surface area contributed by atoms with Crippen LogP contribution in [0.4, 0.5) is 0 Å². The van der Waals surface area contributed by atoms with E-state index in [1.807, 2.05) is 0 Å². The molecule has 0 aliphatic heterocycles. The SMILES string of the molecule is CC(=O)C(CS)NN. The van der Waals surface area contributed by atoms with Crippen molar-refractivity contribution < 1.29 is 4.79 Å². The van der Waals surface area contributed by atoms with Crippen molar-refractivity contribution in [3.63, 3.8) is 0 Å². The maximum atomic E-state index is 10.4. The molecule has 0 spiro atoms. The maximum Gasteiger partial charge on any atom is 0.148 e. The van der Waals surface area contributed by atoms with Crippen LogP contribution < -0.4 is 11.3 Å². The van der Waals surface area contributed by atoms with E-state index < -0.39 is 0 Å². The van der Waals surface area contributed by atoms with Crippen LogP contribution in [0.5, 0.6) is 0 Å². The van der Waals surface area contributed by atoms with E-state index in [-0.39, 0.29) is 11.8 Å². The Morgan fingerprint density at radius 3 is 2.50 bits per heavy atom. The number of ketones is 1. The Balaban J connectivity index is 3.52. The molecular weight excluding hydrogens is 124 g/mol. The average molecular weight is 134 g/mol. The summed E-state index contributed by atoms with van der Waals surface area (Å²) >= 11 is 3.87. The Kier molecular flexibility index (Phi) is 3.85. The molecule has 0 fully saturated rings. The lowest BCUT2D eigenvalue weighted by atomic mass is 10.2. The smallest absolute Gasteiger partial charge is 0.148 e. The number of thiol groups is 1. The van der Waals surface area contributed by atoms with Crippen molar-refractivity contribution in [2.24, 2.45) is 5.84 Å². The monoisotopic (exact) mass is 134 g/mol. The number of carbonyl (C=O) groups excluding carboxylic acids is 1. The fourth-order valence-corrected chi connectivity index (χ4v) is 0.661. The number of hydrogen-bond acceptors (Lipinski definition) is 4. The second-order valence-electron chi connectivity index (χ2n) is 1.51. The van der Waals surface area contributed by atoms with Gasteiger partial charge in [0, 0.05) is 5.75 Å². The van der Waals surface area contributed by atoms with Gasteiger partial charge in [0.1, 0.15) is 5.78 Å². The topological polar surface area (TPSA) is 55.1 Å². The molecule has 0 aromatic carbocycles. The molecule has 0 amide bonds. The van der Waals surface area contributed by atoms with Crippen LogP contribution in [0.1, 0.15) is 6.92 Å². The molecule has 0 saturated heterocycles. The van der Waals surface area contributed by atoms with E-state index in [0.717, 1.165) is 0 Å². The van der Waals surface area contributed by atoms with Gasteiger partial charge in [0.25, 0.3) is 0 Å². The zero-order valence-electron chi connectivity index (χ0n) is 4.72. The summed E-state index contributed by atoms with van der Waals surface area (Å²) in [4.78, 5) is 10.4. The first kappa shape index (κ1) is 7.94. The second-order valence-corrected chi connectivity index (χ2v) is 1.88. The highest BCUT2D eigenvalue weighted by Crippen LogP contribution is 1.85. The molecule has 3 N–H and O–H groups in total. The molecule has 0 saturated carbocycles. The van der Waals surface area contributed by atoms with E-state index in [1.165, 1.54) is 6.92 Å². The van der Waals surface area contributed by atoms with Gasteiger partial charge in [0.2, 0.25) is 0 Å². The summed E-state index contributed by atoms with van der Waals surface area (Å²) < 4.78 is 0. The number of nitrogens with two attached hydrogens (primary N) is 1. The van der Waals surface area contributed by atoms with Gasteiger partial charge in [-0.15, -0.1) is 0 Å². The van der Waals surface area contributed by atoms with Crippen molar-refractivity contribution in [3.05, 3.63) is 0 Å². The van der Waals surface area contributed by atoms with Crippen LogP contribution in [-0.2, 0) is 4.79 Å². The number of rotatable bonds is 3. The minimum Gasteiger partial charge on any atom is -0.298 e. The molecule has 0 bridgehead atoms. The Morgan fingerprint density at radius 2 is 2.50 bits per heavy atom. The van der Waals surface area contributed by atoms with Crippen LogP contribution in [0.15, 0.2) is 0 Å². The lowest BCUT2D eigenvalue weighted by Gasteiger charge is -2.06. The molecule has 3 nitrogen and oxygen atoms in total. The molecule has 0 aromatic heterocycles. The van der Waals surface area contributed by atoms with Gasteiger partial charge in [-0.1, -0.05) is 0 Å². The van der Waals surface area contributed by atoms with Gasteiger partial charge in [-0.2, -0.15) is 12.6 Å². The summed E-state index contributed by atoms with van der Waals surface area (Å²) in [6.07, 6.45) is 0. The minimum atomic E-state index is -0.293. The Hall–Kier alpha value is -0.0600. The maximum absolute atomic E-state index is 10.4. The summed E-state index contributed by atoms with van der Waals surface area (Å²) in [5, 5.41) is 0. The normalized spacial score (nSPS) is 13.4. The molecule has 0 rings (SSSR count). The fourth-order valence-electron chi connectivity index (χ4n) is 0.299. The van der Waals surface area contributed by atoms with Gasteiger partial charge in [0.05, 0.1) is 6.04 Å². The standard InChI is InChI=1S/C4H10N2OS/c1-3(7)4(2-8)6-5/h4,6,8H,2,5H2,1H3. The molecule has 1 atom stereocenters.